The van der Waals surface area contributed by atoms with Gasteiger partial charge in [0.1, 0.15) is 17.5 Å². The van der Waals surface area contributed by atoms with Gasteiger partial charge >= 0.3 is 0 Å². The Morgan fingerprint density at radius 3 is 2.67 bits per heavy atom. The molecule has 0 radical (unpaired) electrons. The number of nitrogens with one attached hydrogen (secondary N) is 2. The number of nitriles is 1. The number of benzene rings is 1. The molecule has 2 rings (SSSR count). The van der Waals surface area contributed by atoms with Crippen LogP contribution in [0.25, 0.3) is 0 Å². The quantitative estimate of drug-likeness (QED) is 0.655. The van der Waals surface area contributed by atoms with E-state index in [9.17, 15) is 0 Å². The molecule has 0 aliphatic rings. The summed E-state index contributed by atoms with van der Waals surface area (Å²) >= 11 is 6.04. The summed E-state index contributed by atoms with van der Waals surface area (Å²) in [6.07, 6.45) is 1.82. The SMILES string of the molecule is Cc1nc(NC#N)cc(Nc2ccccc2Cl)n1. The number of aryl methyl sites for hydroxylation is 1. The molecule has 0 aliphatic carbocycles. The first-order chi connectivity index (χ1) is 8.69. The van der Waals surface area contributed by atoms with Crippen LogP contribution in [0.1, 0.15) is 5.82 Å². The van der Waals surface area contributed by atoms with E-state index in [4.69, 9.17) is 16.9 Å². The van der Waals surface area contributed by atoms with Gasteiger partial charge < -0.3 is 5.32 Å². The van der Waals surface area contributed by atoms with Crippen LogP contribution in [0.5, 0.6) is 0 Å². The van der Waals surface area contributed by atoms with E-state index in [0.717, 1.165) is 5.69 Å². The minimum Gasteiger partial charge on any atom is -0.339 e. The second kappa shape index (κ2) is 5.34. The first kappa shape index (κ1) is 12.1. The van der Waals surface area contributed by atoms with Crippen LogP contribution in [0, 0.1) is 18.4 Å². The fraction of sp³-hybridized carbons (Fsp3) is 0.0833. The molecule has 6 heteroatoms. The molecule has 0 spiro atoms. The number of hydrogen-bond acceptors (Lipinski definition) is 5. The van der Waals surface area contributed by atoms with Crippen LogP contribution < -0.4 is 10.6 Å². The smallest absolute Gasteiger partial charge is 0.182 e. The van der Waals surface area contributed by atoms with Crippen molar-refractivity contribution in [1.29, 1.82) is 5.26 Å². The molecule has 0 saturated heterocycles. The van der Waals surface area contributed by atoms with Crippen molar-refractivity contribution < 1.29 is 0 Å². The molecule has 0 atom stereocenters. The number of nitrogens with zero attached hydrogens (tertiary/aromatic N) is 3. The van der Waals surface area contributed by atoms with Crippen molar-refractivity contribution in [1.82, 2.24) is 9.97 Å². The molecule has 0 amide bonds. The minimum absolute atomic E-state index is 0.444. The highest BCUT2D eigenvalue weighted by atomic mass is 35.5. The lowest BCUT2D eigenvalue weighted by molar-refractivity contribution is 1.06. The summed E-state index contributed by atoms with van der Waals surface area (Å²) in [5.41, 5.74) is 0.750. The summed E-state index contributed by atoms with van der Waals surface area (Å²) in [5.74, 6) is 1.58. The lowest BCUT2D eigenvalue weighted by atomic mass is 10.3. The van der Waals surface area contributed by atoms with Crippen LogP contribution in [0.2, 0.25) is 5.02 Å². The zero-order valence-electron chi connectivity index (χ0n) is 9.61. The lowest BCUT2D eigenvalue weighted by Gasteiger charge is -2.08. The average Bonchev–Trinajstić information content (AvgIpc) is 2.32. The van der Waals surface area contributed by atoms with Gasteiger partial charge in [-0.05, 0) is 19.1 Å². The van der Waals surface area contributed by atoms with E-state index >= 15 is 0 Å². The maximum absolute atomic E-state index is 8.57. The highest BCUT2D eigenvalue weighted by Gasteiger charge is 2.04. The van der Waals surface area contributed by atoms with Crippen molar-refractivity contribution in [2.45, 2.75) is 6.92 Å². The largest absolute Gasteiger partial charge is 0.339 e. The topological polar surface area (TPSA) is 73.6 Å². The third kappa shape index (κ3) is 2.87. The molecule has 1 heterocycles. The Balaban J connectivity index is 2.29. The van der Waals surface area contributed by atoms with Crippen LogP contribution in [-0.4, -0.2) is 9.97 Å². The Labute approximate surface area is 109 Å². The fourth-order valence-corrected chi connectivity index (χ4v) is 1.64. The van der Waals surface area contributed by atoms with E-state index < -0.39 is 0 Å². The van der Waals surface area contributed by atoms with E-state index in [-0.39, 0.29) is 0 Å². The van der Waals surface area contributed by atoms with E-state index in [0.29, 0.717) is 22.5 Å². The van der Waals surface area contributed by atoms with Gasteiger partial charge in [-0.2, -0.15) is 5.26 Å². The molecular weight excluding hydrogens is 250 g/mol. The normalized spacial score (nSPS) is 9.61. The Kier molecular flexibility index (Phi) is 3.60. The van der Waals surface area contributed by atoms with Gasteiger partial charge in [0.15, 0.2) is 6.19 Å². The first-order valence-corrected chi connectivity index (χ1v) is 5.59. The van der Waals surface area contributed by atoms with Crippen LogP contribution in [0.3, 0.4) is 0 Å². The second-order valence-corrected chi connectivity index (χ2v) is 3.93. The predicted molar refractivity (Wildman–Crippen MR) is 70.7 cm³/mol. The Hall–Kier alpha value is -2.32. The summed E-state index contributed by atoms with van der Waals surface area (Å²) in [7, 11) is 0. The lowest BCUT2D eigenvalue weighted by Crippen LogP contribution is -2.01. The standard InChI is InChI=1S/C12H10ClN5/c1-8-16-11(15-7-14)6-12(17-8)18-10-5-3-2-4-9(10)13/h2-6H,1H3,(H2,15,16,17,18). The van der Waals surface area contributed by atoms with E-state index in [1.807, 2.05) is 24.4 Å². The minimum atomic E-state index is 0.444. The molecule has 0 unspecified atom stereocenters. The number of hydrogen-bond donors (Lipinski definition) is 2. The maximum Gasteiger partial charge on any atom is 0.182 e. The van der Waals surface area contributed by atoms with Crippen LogP contribution in [-0.2, 0) is 0 Å². The molecule has 1 aromatic heterocycles. The van der Waals surface area contributed by atoms with Gasteiger partial charge in [0.05, 0.1) is 10.7 Å². The highest BCUT2D eigenvalue weighted by molar-refractivity contribution is 6.33. The average molecular weight is 260 g/mol. The zero-order valence-corrected chi connectivity index (χ0v) is 10.4. The van der Waals surface area contributed by atoms with Crippen molar-refractivity contribution in [3.8, 4) is 6.19 Å². The fourth-order valence-electron chi connectivity index (χ4n) is 1.45. The summed E-state index contributed by atoms with van der Waals surface area (Å²) < 4.78 is 0. The first-order valence-electron chi connectivity index (χ1n) is 5.21. The molecule has 2 aromatic rings. The van der Waals surface area contributed by atoms with Crippen molar-refractivity contribution in [2.75, 3.05) is 10.6 Å². The summed E-state index contributed by atoms with van der Waals surface area (Å²) in [5, 5.41) is 14.7. The maximum atomic E-state index is 8.57. The molecule has 2 N–H and O–H groups in total. The van der Waals surface area contributed by atoms with Gasteiger partial charge in [0, 0.05) is 6.07 Å². The zero-order chi connectivity index (χ0) is 13.0. The van der Waals surface area contributed by atoms with Crippen molar-refractivity contribution >= 4 is 28.9 Å². The monoisotopic (exact) mass is 259 g/mol. The molecular formula is C12H10ClN5. The highest BCUT2D eigenvalue weighted by Crippen LogP contribution is 2.24. The van der Waals surface area contributed by atoms with Gasteiger partial charge in [0.25, 0.3) is 0 Å². The molecule has 18 heavy (non-hydrogen) atoms. The summed E-state index contributed by atoms with van der Waals surface area (Å²) in [6.45, 7) is 1.75. The van der Waals surface area contributed by atoms with Gasteiger partial charge in [-0.1, -0.05) is 23.7 Å². The Morgan fingerprint density at radius 1 is 1.22 bits per heavy atom. The number of halogens is 1. The molecule has 0 bridgehead atoms. The molecule has 0 aliphatic heterocycles. The van der Waals surface area contributed by atoms with Gasteiger partial charge in [-0.25, -0.2) is 9.97 Å². The number of aromatic nitrogens is 2. The van der Waals surface area contributed by atoms with E-state index in [2.05, 4.69) is 20.6 Å². The molecule has 0 saturated carbocycles. The Bertz CT molecular complexity index is 606. The van der Waals surface area contributed by atoms with Crippen molar-refractivity contribution in [2.24, 2.45) is 0 Å². The molecule has 1 aromatic carbocycles. The van der Waals surface area contributed by atoms with Gasteiger partial charge in [-0.15, -0.1) is 0 Å². The van der Waals surface area contributed by atoms with Gasteiger partial charge in [-0.3, -0.25) is 5.32 Å². The number of para-hydroxylation sites is 1. The van der Waals surface area contributed by atoms with E-state index in [1.54, 1.807) is 19.1 Å². The third-order valence-electron chi connectivity index (χ3n) is 2.16. The van der Waals surface area contributed by atoms with Crippen LogP contribution >= 0.6 is 11.6 Å². The van der Waals surface area contributed by atoms with Crippen LogP contribution in [0.4, 0.5) is 17.3 Å². The van der Waals surface area contributed by atoms with E-state index in [1.165, 1.54) is 0 Å². The summed E-state index contributed by atoms with van der Waals surface area (Å²) in [4.78, 5) is 8.29. The molecule has 5 nitrogen and oxygen atoms in total. The van der Waals surface area contributed by atoms with Gasteiger partial charge in [0.2, 0.25) is 0 Å². The number of rotatable bonds is 3. The third-order valence-corrected chi connectivity index (χ3v) is 2.49. The van der Waals surface area contributed by atoms with Crippen molar-refractivity contribution in [3.05, 3.63) is 41.2 Å². The Morgan fingerprint density at radius 2 is 1.94 bits per heavy atom. The summed E-state index contributed by atoms with van der Waals surface area (Å²) in [6, 6.07) is 8.99. The second-order valence-electron chi connectivity index (χ2n) is 3.53. The van der Waals surface area contributed by atoms with Crippen molar-refractivity contribution in [3.63, 3.8) is 0 Å². The number of anilines is 3. The molecule has 90 valence electrons. The van der Waals surface area contributed by atoms with Crippen LogP contribution in [0.15, 0.2) is 30.3 Å². The predicted octanol–water partition coefficient (Wildman–Crippen LogP) is 3.08. The molecule has 0 fully saturated rings.